The first-order chi connectivity index (χ1) is 8.08. The number of hydrogen-bond donors (Lipinski definition) is 0. The van der Waals surface area contributed by atoms with Crippen LogP contribution < -0.4 is 0 Å². The molecule has 0 N–H and O–H groups in total. The van der Waals surface area contributed by atoms with Crippen LogP contribution >= 0.6 is 0 Å². The first kappa shape index (κ1) is 12.5. The van der Waals surface area contributed by atoms with Gasteiger partial charge in [0, 0.05) is 6.61 Å². The summed E-state index contributed by atoms with van der Waals surface area (Å²) in [4.78, 5) is 0.160. The van der Waals surface area contributed by atoms with E-state index in [1.165, 1.54) is 12.1 Å². The molecule has 1 aromatic carbocycles. The van der Waals surface area contributed by atoms with Crippen LogP contribution in [0.5, 0.6) is 0 Å². The van der Waals surface area contributed by atoms with E-state index in [9.17, 15) is 12.8 Å². The lowest BCUT2D eigenvalue weighted by Crippen LogP contribution is -2.27. The molecule has 1 aliphatic heterocycles. The molecular formula is C12H15FO3S. The molecule has 1 atom stereocenters. The Labute approximate surface area is 101 Å². The summed E-state index contributed by atoms with van der Waals surface area (Å²) >= 11 is 0. The fourth-order valence-electron chi connectivity index (χ4n) is 1.92. The van der Waals surface area contributed by atoms with E-state index in [0.717, 1.165) is 31.4 Å². The maximum Gasteiger partial charge on any atom is 0.180 e. The predicted molar refractivity (Wildman–Crippen MR) is 62.0 cm³/mol. The minimum absolute atomic E-state index is 0.0152. The Kier molecular flexibility index (Phi) is 3.79. The summed E-state index contributed by atoms with van der Waals surface area (Å²) in [6.45, 7) is 0.629. The lowest BCUT2D eigenvalue weighted by molar-refractivity contribution is 0.0305. The number of halogens is 1. The van der Waals surface area contributed by atoms with E-state index in [1.807, 2.05) is 0 Å². The molecule has 1 fully saturated rings. The minimum atomic E-state index is -3.37. The second-order valence-corrected chi connectivity index (χ2v) is 6.26. The van der Waals surface area contributed by atoms with E-state index in [4.69, 9.17) is 4.74 Å². The first-order valence-corrected chi connectivity index (χ1v) is 7.33. The molecule has 1 heterocycles. The maximum absolute atomic E-state index is 12.7. The molecule has 0 radical (unpaired) electrons. The standard InChI is InChI=1S/C12H15FO3S/c13-10-4-6-12(7-5-10)17(14,15)9-11-3-1-2-8-16-11/h4-7,11H,1-3,8-9H2. The average Bonchev–Trinajstić information content (AvgIpc) is 2.30. The van der Waals surface area contributed by atoms with Crippen LogP contribution in [0.3, 0.4) is 0 Å². The third-order valence-electron chi connectivity index (χ3n) is 2.85. The van der Waals surface area contributed by atoms with Gasteiger partial charge in [0.2, 0.25) is 0 Å². The van der Waals surface area contributed by atoms with E-state index < -0.39 is 15.7 Å². The summed E-state index contributed by atoms with van der Waals surface area (Å²) in [7, 11) is -3.37. The molecule has 17 heavy (non-hydrogen) atoms. The van der Waals surface area contributed by atoms with E-state index in [0.29, 0.717) is 6.61 Å². The smallest absolute Gasteiger partial charge is 0.180 e. The molecule has 0 aliphatic carbocycles. The highest BCUT2D eigenvalue weighted by molar-refractivity contribution is 7.91. The van der Waals surface area contributed by atoms with Gasteiger partial charge in [0.15, 0.2) is 9.84 Å². The van der Waals surface area contributed by atoms with Gasteiger partial charge in [-0.2, -0.15) is 0 Å². The monoisotopic (exact) mass is 258 g/mol. The molecule has 0 bridgehead atoms. The summed E-state index contributed by atoms with van der Waals surface area (Å²) in [5.74, 6) is -0.448. The van der Waals surface area contributed by atoms with Gasteiger partial charge in [0.05, 0.1) is 16.8 Å². The van der Waals surface area contributed by atoms with Crippen LogP contribution in [0, 0.1) is 5.82 Å². The second-order valence-electron chi connectivity index (χ2n) is 4.22. The second kappa shape index (κ2) is 5.14. The molecule has 1 aliphatic rings. The van der Waals surface area contributed by atoms with Gasteiger partial charge in [-0.3, -0.25) is 0 Å². The Morgan fingerprint density at radius 2 is 1.94 bits per heavy atom. The minimum Gasteiger partial charge on any atom is -0.377 e. The van der Waals surface area contributed by atoms with Crippen LogP contribution in [0.4, 0.5) is 4.39 Å². The zero-order valence-corrected chi connectivity index (χ0v) is 10.2. The summed E-state index contributed by atoms with van der Waals surface area (Å²) in [5.41, 5.74) is 0. The van der Waals surface area contributed by atoms with Gasteiger partial charge in [-0.05, 0) is 43.5 Å². The van der Waals surface area contributed by atoms with E-state index in [2.05, 4.69) is 0 Å². The van der Waals surface area contributed by atoms with Gasteiger partial charge >= 0.3 is 0 Å². The van der Waals surface area contributed by atoms with Crippen molar-refractivity contribution in [1.29, 1.82) is 0 Å². The van der Waals surface area contributed by atoms with Crippen LogP contribution in [-0.2, 0) is 14.6 Å². The molecule has 1 aromatic rings. The quantitative estimate of drug-likeness (QED) is 0.780. The average molecular weight is 258 g/mol. The van der Waals surface area contributed by atoms with Crippen molar-refractivity contribution in [3.8, 4) is 0 Å². The van der Waals surface area contributed by atoms with Crippen molar-refractivity contribution in [1.82, 2.24) is 0 Å². The van der Waals surface area contributed by atoms with Crippen molar-refractivity contribution in [3.63, 3.8) is 0 Å². The van der Waals surface area contributed by atoms with Gasteiger partial charge in [-0.1, -0.05) is 0 Å². The lowest BCUT2D eigenvalue weighted by Gasteiger charge is -2.22. The fraction of sp³-hybridized carbons (Fsp3) is 0.500. The third-order valence-corrected chi connectivity index (χ3v) is 4.65. The van der Waals surface area contributed by atoms with Crippen molar-refractivity contribution in [2.24, 2.45) is 0 Å². The predicted octanol–water partition coefficient (Wildman–Crippen LogP) is 2.17. The van der Waals surface area contributed by atoms with Gasteiger partial charge in [-0.15, -0.1) is 0 Å². The summed E-state index contributed by atoms with van der Waals surface area (Å²) in [5, 5.41) is 0. The van der Waals surface area contributed by atoms with Crippen LogP contribution in [0.2, 0.25) is 0 Å². The molecule has 1 unspecified atom stereocenters. The molecule has 94 valence electrons. The number of rotatable bonds is 3. The highest BCUT2D eigenvalue weighted by Gasteiger charge is 2.23. The highest BCUT2D eigenvalue weighted by atomic mass is 32.2. The lowest BCUT2D eigenvalue weighted by atomic mass is 10.1. The molecule has 2 rings (SSSR count). The van der Waals surface area contributed by atoms with Crippen LogP contribution in [0.15, 0.2) is 29.2 Å². The van der Waals surface area contributed by atoms with Gasteiger partial charge in [0.1, 0.15) is 5.82 Å². The Hall–Kier alpha value is -0.940. The van der Waals surface area contributed by atoms with Crippen LogP contribution in [-0.4, -0.2) is 26.9 Å². The van der Waals surface area contributed by atoms with Crippen molar-refractivity contribution < 1.29 is 17.5 Å². The molecule has 3 nitrogen and oxygen atoms in total. The Morgan fingerprint density at radius 3 is 2.53 bits per heavy atom. The SMILES string of the molecule is O=S(=O)(CC1CCCCO1)c1ccc(F)cc1. The van der Waals surface area contributed by atoms with E-state index in [1.54, 1.807) is 0 Å². The zero-order chi connectivity index (χ0) is 12.3. The molecule has 5 heteroatoms. The normalized spacial score (nSPS) is 21.4. The largest absolute Gasteiger partial charge is 0.377 e. The summed E-state index contributed by atoms with van der Waals surface area (Å²) in [6.07, 6.45) is 2.55. The third kappa shape index (κ3) is 3.26. The molecule has 0 saturated carbocycles. The fourth-order valence-corrected chi connectivity index (χ4v) is 3.42. The number of ether oxygens (including phenoxy) is 1. The molecule has 0 amide bonds. The van der Waals surface area contributed by atoms with Gasteiger partial charge in [-0.25, -0.2) is 12.8 Å². The number of benzene rings is 1. The zero-order valence-electron chi connectivity index (χ0n) is 9.43. The van der Waals surface area contributed by atoms with Crippen molar-refractivity contribution in [2.75, 3.05) is 12.4 Å². The summed E-state index contributed by atoms with van der Waals surface area (Å²) in [6, 6.07) is 4.92. The molecule has 1 saturated heterocycles. The maximum atomic E-state index is 12.7. The molecule has 0 spiro atoms. The Balaban J connectivity index is 2.10. The topological polar surface area (TPSA) is 43.4 Å². The molecular weight excluding hydrogens is 243 g/mol. The number of hydrogen-bond acceptors (Lipinski definition) is 3. The van der Waals surface area contributed by atoms with Gasteiger partial charge in [0.25, 0.3) is 0 Å². The molecule has 0 aromatic heterocycles. The van der Waals surface area contributed by atoms with Crippen LogP contribution in [0.25, 0.3) is 0 Å². The van der Waals surface area contributed by atoms with Crippen molar-refractivity contribution in [2.45, 2.75) is 30.3 Å². The Bertz CT molecular complexity index is 461. The Morgan fingerprint density at radius 1 is 1.24 bits per heavy atom. The first-order valence-electron chi connectivity index (χ1n) is 5.68. The van der Waals surface area contributed by atoms with Crippen molar-refractivity contribution >= 4 is 9.84 Å². The van der Waals surface area contributed by atoms with Gasteiger partial charge < -0.3 is 4.74 Å². The van der Waals surface area contributed by atoms with E-state index in [-0.39, 0.29) is 16.8 Å². The highest BCUT2D eigenvalue weighted by Crippen LogP contribution is 2.19. The van der Waals surface area contributed by atoms with Crippen molar-refractivity contribution in [3.05, 3.63) is 30.1 Å². The van der Waals surface area contributed by atoms with E-state index >= 15 is 0 Å². The summed E-state index contributed by atoms with van der Waals surface area (Å²) < 4.78 is 42.1. The van der Waals surface area contributed by atoms with Crippen LogP contribution in [0.1, 0.15) is 19.3 Å². The number of sulfone groups is 1.